The van der Waals surface area contributed by atoms with Crippen molar-refractivity contribution in [2.75, 3.05) is 53.3 Å². The van der Waals surface area contributed by atoms with Crippen molar-refractivity contribution in [3.8, 4) is 5.75 Å². The lowest BCUT2D eigenvalue weighted by Gasteiger charge is -2.09. The highest BCUT2D eigenvalue weighted by atomic mass is 19.1. The van der Waals surface area contributed by atoms with Gasteiger partial charge >= 0.3 is 0 Å². The Morgan fingerprint density at radius 3 is 2.29 bits per heavy atom. The number of methoxy groups -OCH3 is 1. The summed E-state index contributed by atoms with van der Waals surface area (Å²) in [4.78, 5) is 0. The summed E-state index contributed by atoms with van der Waals surface area (Å²) in [5, 5.41) is 0. The number of hydrogen-bond acceptors (Lipinski definition) is 5. The van der Waals surface area contributed by atoms with Crippen LogP contribution in [-0.4, -0.2) is 53.3 Å². The van der Waals surface area contributed by atoms with Crippen molar-refractivity contribution in [3.05, 3.63) is 29.6 Å². The molecule has 1 rings (SSSR count). The SMILES string of the molecule is COCCOCCOCCOc1ccc(CCN)cc1F. The predicted octanol–water partition coefficient (Wildman–Crippen LogP) is 1.39. The van der Waals surface area contributed by atoms with Gasteiger partial charge in [-0.2, -0.15) is 0 Å². The fourth-order valence-corrected chi connectivity index (χ4v) is 1.66. The Morgan fingerprint density at radius 1 is 1.00 bits per heavy atom. The predicted molar refractivity (Wildman–Crippen MR) is 78.2 cm³/mol. The van der Waals surface area contributed by atoms with Crippen LogP contribution in [0.25, 0.3) is 0 Å². The molecule has 1 aromatic rings. The average molecular weight is 301 g/mol. The Balaban J connectivity index is 2.10. The molecule has 0 heterocycles. The van der Waals surface area contributed by atoms with E-state index in [1.807, 2.05) is 6.07 Å². The Morgan fingerprint density at radius 2 is 1.67 bits per heavy atom. The molecule has 2 N–H and O–H groups in total. The summed E-state index contributed by atoms with van der Waals surface area (Å²) < 4.78 is 34.4. The van der Waals surface area contributed by atoms with Crippen LogP contribution in [0.4, 0.5) is 4.39 Å². The normalized spacial score (nSPS) is 10.8. The molecule has 0 atom stereocenters. The van der Waals surface area contributed by atoms with Crippen LogP contribution in [0.3, 0.4) is 0 Å². The molecule has 0 bridgehead atoms. The van der Waals surface area contributed by atoms with E-state index in [0.29, 0.717) is 52.6 Å². The van der Waals surface area contributed by atoms with Gasteiger partial charge in [-0.15, -0.1) is 0 Å². The summed E-state index contributed by atoms with van der Waals surface area (Å²) in [6, 6.07) is 4.89. The van der Waals surface area contributed by atoms with Gasteiger partial charge in [0.25, 0.3) is 0 Å². The van der Waals surface area contributed by atoms with Gasteiger partial charge in [0.2, 0.25) is 0 Å². The van der Waals surface area contributed by atoms with E-state index in [1.165, 1.54) is 6.07 Å². The minimum absolute atomic E-state index is 0.232. The minimum Gasteiger partial charge on any atom is -0.488 e. The first-order valence-corrected chi connectivity index (χ1v) is 7.03. The average Bonchev–Trinajstić information content (AvgIpc) is 2.48. The molecule has 0 unspecified atom stereocenters. The van der Waals surface area contributed by atoms with Crippen molar-refractivity contribution in [1.29, 1.82) is 0 Å². The molecule has 0 aliphatic rings. The first-order chi connectivity index (χ1) is 10.3. The number of ether oxygens (including phenoxy) is 4. The van der Waals surface area contributed by atoms with Gasteiger partial charge in [0.05, 0.1) is 33.0 Å². The van der Waals surface area contributed by atoms with E-state index in [9.17, 15) is 4.39 Å². The zero-order valence-corrected chi connectivity index (χ0v) is 12.5. The summed E-state index contributed by atoms with van der Waals surface area (Å²) in [7, 11) is 1.62. The molecule has 120 valence electrons. The molecule has 6 heteroatoms. The van der Waals surface area contributed by atoms with Crippen LogP contribution in [0.2, 0.25) is 0 Å². The third kappa shape index (κ3) is 7.96. The molecule has 0 spiro atoms. The fraction of sp³-hybridized carbons (Fsp3) is 0.600. The fourth-order valence-electron chi connectivity index (χ4n) is 1.66. The number of halogens is 1. The highest BCUT2D eigenvalue weighted by molar-refractivity contribution is 5.29. The maximum absolute atomic E-state index is 13.7. The van der Waals surface area contributed by atoms with Crippen LogP contribution in [0.15, 0.2) is 18.2 Å². The maximum atomic E-state index is 13.7. The van der Waals surface area contributed by atoms with E-state index in [4.69, 9.17) is 24.7 Å². The van der Waals surface area contributed by atoms with Crippen LogP contribution in [0.5, 0.6) is 5.75 Å². The third-order valence-corrected chi connectivity index (χ3v) is 2.72. The number of nitrogens with two attached hydrogens (primary N) is 1. The largest absolute Gasteiger partial charge is 0.488 e. The van der Waals surface area contributed by atoms with Gasteiger partial charge < -0.3 is 24.7 Å². The Kier molecular flexibility index (Phi) is 9.73. The quantitative estimate of drug-likeness (QED) is 0.591. The molecule has 5 nitrogen and oxygen atoms in total. The molecule has 0 radical (unpaired) electrons. The van der Waals surface area contributed by atoms with E-state index in [2.05, 4.69) is 0 Å². The second kappa shape index (κ2) is 11.4. The van der Waals surface area contributed by atoms with Gasteiger partial charge in [0, 0.05) is 7.11 Å². The van der Waals surface area contributed by atoms with E-state index < -0.39 is 0 Å². The van der Waals surface area contributed by atoms with Crippen molar-refractivity contribution in [2.24, 2.45) is 5.73 Å². The van der Waals surface area contributed by atoms with Gasteiger partial charge in [-0.25, -0.2) is 4.39 Å². The second-order valence-electron chi connectivity index (χ2n) is 4.37. The number of benzene rings is 1. The van der Waals surface area contributed by atoms with E-state index in [1.54, 1.807) is 13.2 Å². The van der Waals surface area contributed by atoms with Crippen molar-refractivity contribution >= 4 is 0 Å². The number of rotatable bonds is 12. The summed E-state index contributed by atoms with van der Waals surface area (Å²) in [6.45, 7) is 3.29. The van der Waals surface area contributed by atoms with Gasteiger partial charge in [0.15, 0.2) is 11.6 Å². The van der Waals surface area contributed by atoms with Crippen molar-refractivity contribution < 1.29 is 23.3 Å². The van der Waals surface area contributed by atoms with Crippen molar-refractivity contribution in [2.45, 2.75) is 6.42 Å². The van der Waals surface area contributed by atoms with Crippen LogP contribution in [0, 0.1) is 5.82 Å². The molecular weight excluding hydrogens is 277 g/mol. The van der Waals surface area contributed by atoms with Gasteiger partial charge in [0.1, 0.15) is 6.61 Å². The molecule has 0 aromatic heterocycles. The van der Waals surface area contributed by atoms with Gasteiger partial charge in [-0.3, -0.25) is 0 Å². The molecule has 0 fully saturated rings. The third-order valence-electron chi connectivity index (χ3n) is 2.72. The van der Waals surface area contributed by atoms with Crippen LogP contribution >= 0.6 is 0 Å². The zero-order valence-electron chi connectivity index (χ0n) is 12.5. The van der Waals surface area contributed by atoms with E-state index >= 15 is 0 Å². The highest BCUT2D eigenvalue weighted by Crippen LogP contribution is 2.18. The molecule has 21 heavy (non-hydrogen) atoms. The lowest BCUT2D eigenvalue weighted by molar-refractivity contribution is 0.0177. The number of hydrogen-bond donors (Lipinski definition) is 1. The molecular formula is C15H24FNO4. The zero-order chi connectivity index (χ0) is 15.3. The topological polar surface area (TPSA) is 62.9 Å². The summed E-state index contributed by atoms with van der Waals surface area (Å²) in [5.74, 6) is -0.139. The molecule has 0 saturated carbocycles. The van der Waals surface area contributed by atoms with Gasteiger partial charge in [-0.1, -0.05) is 6.07 Å². The maximum Gasteiger partial charge on any atom is 0.165 e. The molecule has 0 aliphatic carbocycles. The molecule has 0 aliphatic heterocycles. The lowest BCUT2D eigenvalue weighted by atomic mass is 10.1. The van der Waals surface area contributed by atoms with Crippen LogP contribution in [0.1, 0.15) is 5.56 Å². The summed E-state index contributed by atoms with van der Waals surface area (Å²) in [5.41, 5.74) is 6.29. The van der Waals surface area contributed by atoms with Crippen molar-refractivity contribution in [1.82, 2.24) is 0 Å². The lowest BCUT2D eigenvalue weighted by Crippen LogP contribution is -2.12. The molecule has 0 saturated heterocycles. The van der Waals surface area contributed by atoms with Crippen LogP contribution in [-0.2, 0) is 20.6 Å². The highest BCUT2D eigenvalue weighted by Gasteiger charge is 2.04. The van der Waals surface area contributed by atoms with Crippen LogP contribution < -0.4 is 10.5 Å². The van der Waals surface area contributed by atoms with Crippen molar-refractivity contribution in [3.63, 3.8) is 0 Å². The monoisotopic (exact) mass is 301 g/mol. The standard InChI is InChI=1S/C15H24FNO4/c1-18-6-7-19-8-9-20-10-11-21-15-3-2-13(4-5-17)12-14(15)16/h2-3,12H,4-11,17H2,1H3. The second-order valence-corrected chi connectivity index (χ2v) is 4.37. The summed E-state index contributed by atoms with van der Waals surface area (Å²) >= 11 is 0. The first-order valence-electron chi connectivity index (χ1n) is 7.03. The Labute approximate surface area is 125 Å². The van der Waals surface area contributed by atoms with E-state index in [0.717, 1.165) is 5.56 Å². The Hall–Kier alpha value is -1.21. The Bertz CT molecular complexity index is 390. The summed E-state index contributed by atoms with van der Waals surface area (Å²) in [6.07, 6.45) is 0.656. The molecule has 1 aromatic carbocycles. The minimum atomic E-state index is -0.371. The van der Waals surface area contributed by atoms with E-state index in [-0.39, 0.29) is 11.6 Å². The van der Waals surface area contributed by atoms with Gasteiger partial charge in [-0.05, 0) is 30.7 Å². The smallest absolute Gasteiger partial charge is 0.165 e. The molecule has 0 amide bonds. The first kappa shape index (κ1) is 17.8.